The number of rotatable bonds is 6. The van der Waals surface area contributed by atoms with Gasteiger partial charge in [-0.25, -0.2) is 4.68 Å². The first-order valence-electron chi connectivity index (χ1n) is 10.3. The molecule has 5 nitrogen and oxygen atoms in total. The fourth-order valence-electron chi connectivity index (χ4n) is 4.35. The molecular weight excluding hydrogens is 362 g/mol. The van der Waals surface area contributed by atoms with Crippen LogP contribution in [0.4, 0.5) is 0 Å². The van der Waals surface area contributed by atoms with E-state index >= 15 is 0 Å². The predicted molar refractivity (Wildman–Crippen MR) is 116 cm³/mol. The number of carbonyl (C=O) groups excluding carboxylic acids is 1. The molecule has 0 fully saturated rings. The van der Waals surface area contributed by atoms with Crippen LogP contribution in [0.15, 0.2) is 30.3 Å². The van der Waals surface area contributed by atoms with Crippen LogP contribution in [-0.2, 0) is 22.5 Å². The maximum absolute atomic E-state index is 12.8. The Hall–Kier alpha value is -2.69. The van der Waals surface area contributed by atoms with Gasteiger partial charge in [-0.15, -0.1) is 5.10 Å². The Kier molecular flexibility index (Phi) is 5.78. The zero-order valence-electron chi connectivity index (χ0n) is 18.5. The summed E-state index contributed by atoms with van der Waals surface area (Å²) >= 11 is 0. The third kappa shape index (κ3) is 3.54. The van der Waals surface area contributed by atoms with Gasteiger partial charge in [0.05, 0.1) is 18.0 Å². The molecule has 1 atom stereocenters. The number of carbonyl (C=O) groups is 1. The summed E-state index contributed by atoms with van der Waals surface area (Å²) in [4.78, 5) is 12.8. The largest absolute Gasteiger partial charge is 0.469 e. The summed E-state index contributed by atoms with van der Waals surface area (Å²) in [5, 5.41) is 8.69. The van der Waals surface area contributed by atoms with E-state index in [0.29, 0.717) is 0 Å². The zero-order chi connectivity index (χ0) is 21.3. The lowest BCUT2D eigenvalue weighted by atomic mass is 9.69. The second kappa shape index (κ2) is 7.97. The summed E-state index contributed by atoms with van der Waals surface area (Å²) in [5.74, 6) is -0.380. The summed E-state index contributed by atoms with van der Waals surface area (Å²) < 4.78 is 7.09. The van der Waals surface area contributed by atoms with E-state index in [4.69, 9.17) is 4.74 Å². The molecule has 0 bridgehead atoms. The Morgan fingerprint density at radius 2 is 1.90 bits per heavy atom. The van der Waals surface area contributed by atoms with Crippen LogP contribution in [0.5, 0.6) is 0 Å². The molecule has 0 N–H and O–H groups in total. The Bertz CT molecular complexity index is 1050. The summed E-state index contributed by atoms with van der Waals surface area (Å²) in [6.07, 6.45) is 0.952. The van der Waals surface area contributed by atoms with E-state index in [1.165, 1.54) is 18.2 Å². The maximum atomic E-state index is 12.8. The summed E-state index contributed by atoms with van der Waals surface area (Å²) in [6.45, 7) is 13.1. The summed E-state index contributed by atoms with van der Waals surface area (Å²) in [6, 6.07) is 10.7. The molecule has 1 heterocycles. The van der Waals surface area contributed by atoms with Gasteiger partial charge in [0.25, 0.3) is 0 Å². The lowest BCUT2D eigenvalue weighted by molar-refractivity contribution is -0.151. The monoisotopic (exact) mass is 393 g/mol. The van der Waals surface area contributed by atoms with Gasteiger partial charge in [-0.1, -0.05) is 36.4 Å². The molecule has 1 unspecified atom stereocenters. The minimum absolute atomic E-state index is 0.156. The molecule has 0 saturated carbocycles. The van der Waals surface area contributed by atoms with Crippen LogP contribution in [0.25, 0.3) is 11.0 Å². The first-order chi connectivity index (χ1) is 13.8. The van der Waals surface area contributed by atoms with E-state index in [1.807, 2.05) is 18.5 Å². The van der Waals surface area contributed by atoms with Crippen LogP contribution in [0.3, 0.4) is 0 Å². The lowest BCUT2D eigenvalue weighted by Gasteiger charge is -2.34. The molecule has 0 amide bonds. The van der Waals surface area contributed by atoms with Crippen molar-refractivity contribution >= 4 is 17.0 Å². The smallest absolute Gasteiger partial charge is 0.312 e. The third-order valence-corrected chi connectivity index (χ3v) is 6.11. The van der Waals surface area contributed by atoms with Crippen molar-refractivity contribution in [2.45, 2.75) is 60.4 Å². The molecule has 0 aliphatic carbocycles. The number of fused-ring (bicyclic) bond motifs is 1. The van der Waals surface area contributed by atoms with E-state index in [0.717, 1.165) is 40.7 Å². The van der Waals surface area contributed by atoms with Crippen molar-refractivity contribution in [3.05, 3.63) is 58.1 Å². The van der Waals surface area contributed by atoms with Crippen LogP contribution in [-0.4, -0.2) is 28.1 Å². The van der Waals surface area contributed by atoms with Gasteiger partial charge in [0.15, 0.2) is 0 Å². The van der Waals surface area contributed by atoms with E-state index in [9.17, 15) is 4.79 Å². The highest BCUT2D eigenvalue weighted by Crippen LogP contribution is 2.44. The number of aryl methyl sites for hydroxylation is 4. The molecule has 0 aliphatic rings. The van der Waals surface area contributed by atoms with Gasteiger partial charge < -0.3 is 4.74 Å². The number of ether oxygens (including phenoxy) is 1. The average molecular weight is 394 g/mol. The summed E-state index contributed by atoms with van der Waals surface area (Å²) in [7, 11) is 1.46. The molecule has 0 radical (unpaired) electrons. The van der Waals surface area contributed by atoms with Gasteiger partial charge in [0.1, 0.15) is 5.52 Å². The van der Waals surface area contributed by atoms with Gasteiger partial charge in [0, 0.05) is 12.5 Å². The van der Waals surface area contributed by atoms with E-state index in [2.05, 4.69) is 68.3 Å². The van der Waals surface area contributed by atoms with Crippen molar-refractivity contribution in [2.24, 2.45) is 5.41 Å². The van der Waals surface area contributed by atoms with Crippen LogP contribution >= 0.6 is 0 Å². The molecule has 2 aromatic carbocycles. The molecule has 3 aromatic rings. The molecule has 3 rings (SSSR count). The second-order valence-electron chi connectivity index (χ2n) is 8.24. The van der Waals surface area contributed by atoms with Gasteiger partial charge in [-0.3, -0.25) is 4.79 Å². The van der Waals surface area contributed by atoms with E-state index in [1.54, 1.807) is 0 Å². The number of hydrogen-bond acceptors (Lipinski definition) is 4. The van der Waals surface area contributed by atoms with E-state index in [-0.39, 0.29) is 11.9 Å². The highest BCUT2D eigenvalue weighted by molar-refractivity contribution is 5.82. The molecule has 154 valence electrons. The van der Waals surface area contributed by atoms with Gasteiger partial charge in [0.2, 0.25) is 0 Å². The molecular formula is C24H31N3O2. The molecule has 0 aliphatic heterocycles. The van der Waals surface area contributed by atoms with Crippen molar-refractivity contribution in [3.8, 4) is 0 Å². The van der Waals surface area contributed by atoms with Crippen molar-refractivity contribution < 1.29 is 9.53 Å². The number of nitrogens with zero attached hydrogens (tertiary/aromatic N) is 3. The number of esters is 1. The quantitative estimate of drug-likeness (QED) is 0.555. The minimum Gasteiger partial charge on any atom is -0.469 e. The Morgan fingerprint density at radius 3 is 2.52 bits per heavy atom. The van der Waals surface area contributed by atoms with Crippen LogP contribution in [0.1, 0.15) is 61.4 Å². The zero-order valence-corrected chi connectivity index (χ0v) is 18.5. The highest BCUT2D eigenvalue weighted by Gasteiger charge is 2.41. The topological polar surface area (TPSA) is 57.0 Å². The van der Waals surface area contributed by atoms with Crippen molar-refractivity contribution in [1.82, 2.24) is 15.0 Å². The maximum Gasteiger partial charge on any atom is 0.312 e. The summed E-state index contributed by atoms with van der Waals surface area (Å²) in [5.41, 5.74) is 6.99. The molecule has 1 aromatic heterocycles. The number of methoxy groups -OCH3 is 1. The first-order valence-corrected chi connectivity index (χ1v) is 10.3. The van der Waals surface area contributed by atoms with Gasteiger partial charge in [-0.05, 0) is 74.9 Å². The third-order valence-electron chi connectivity index (χ3n) is 6.11. The van der Waals surface area contributed by atoms with E-state index < -0.39 is 5.41 Å². The number of benzene rings is 2. The predicted octanol–water partition coefficient (Wildman–Crippen LogP) is 4.96. The molecule has 0 saturated heterocycles. The Labute approximate surface area is 173 Å². The highest BCUT2D eigenvalue weighted by atomic mass is 16.5. The minimum atomic E-state index is -0.742. The van der Waals surface area contributed by atoms with Crippen molar-refractivity contribution in [2.75, 3.05) is 7.11 Å². The second-order valence-corrected chi connectivity index (χ2v) is 8.24. The van der Waals surface area contributed by atoms with Crippen LogP contribution < -0.4 is 0 Å². The fourth-order valence-corrected chi connectivity index (χ4v) is 4.35. The van der Waals surface area contributed by atoms with Crippen molar-refractivity contribution in [1.29, 1.82) is 0 Å². The SMILES string of the molecule is CCc1cc(C(c2ccc3c(nnn3CC)c2C)C(C)(C)C(=O)OC)ccc1C. The van der Waals surface area contributed by atoms with Crippen molar-refractivity contribution in [3.63, 3.8) is 0 Å². The lowest BCUT2D eigenvalue weighted by Crippen LogP contribution is -2.34. The standard InChI is InChI=1S/C24H31N3O2/c1-8-17-14-18(11-10-15(17)3)21(24(5,6)23(28)29-7)19-12-13-20-22(16(19)4)25-26-27(20)9-2/h10-14,21H,8-9H2,1-7H3. The number of aromatic nitrogens is 3. The van der Waals surface area contributed by atoms with Crippen LogP contribution in [0, 0.1) is 19.3 Å². The molecule has 5 heteroatoms. The average Bonchev–Trinajstić information content (AvgIpc) is 3.14. The Morgan fingerprint density at radius 1 is 1.17 bits per heavy atom. The normalized spacial score (nSPS) is 12.9. The molecule has 29 heavy (non-hydrogen) atoms. The molecule has 0 spiro atoms. The van der Waals surface area contributed by atoms with Crippen LogP contribution in [0.2, 0.25) is 0 Å². The first kappa shape index (κ1) is 21.0. The van der Waals surface area contributed by atoms with Gasteiger partial charge in [-0.2, -0.15) is 0 Å². The number of hydrogen-bond donors (Lipinski definition) is 0. The van der Waals surface area contributed by atoms with Gasteiger partial charge >= 0.3 is 5.97 Å². The Balaban J connectivity index is 2.28. The fraction of sp³-hybridized carbons (Fsp3) is 0.458.